The van der Waals surface area contributed by atoms with E-state index in [2.05, 4.69) is 19.2 Å². The third kappa shape index (κ3) is 3.46. The second-order valence-corrected chi connectivity index (χ2v) is 8.89. The van der Waals surface area contributed by atoms with Crippen LogP contribution in [0.4, 0.5) is 5.69 Å². The number of amides is 1. The minimum absolute atomic E-state index is 0.217. The maximum absolute atomic E-state index is 13.1. The predicted octanol–water partition coefficient (Wildman–Crippen LogP) is 3.33. The highest BCUT2D eigenvalue weighted by Gasteiger charge is 2.35. The van der Waals surface area contributed by atoms with E-state index in [0.717, 1.165) is 17.5 Å². The summed E-state index contributed by atoms with van der Waals surface area (Å²) in [5.74, 6) is 0.185. The summed E-state index contributed by atoms with van der Waals surface area (Å²) in [7, 11) is -3.77. The first-order chi connectivity index (χ1) is 12.3. The second kappa shape index (κ2) is 7.11. The summed E-state index contributed by atoms with van der Waals surface area (Å²) in [5.41, 5.74) is 3.11. The zero-order chi connectivity index (χ0) is 18.9. The number of fused-ring (bicyclic) bond motifs is 3. The van der Waals surface area contributed by atoms with E-state index in [4.69, 9.17) is 0 Å². The molecule has 1 amide bonds. The van der Waals surface area contributed by atoms with Crippen LogP contribution in [0.1, 0.15) is 25.8 Å². The van der Waals surface area contributed by atoms with Crippen molar-refractivity contribution in [1.82, 2.24) is 5.32 Å². The maximum Gasteiger partial charge on any atom is 0.265 e. The number of rotatable bonds is 5. The number of hydrogen-bond donors (Lipinski definition) is 1. The van der Waals surface area contributed by atoms with Gasteiger partial charge in [0, 0.05) is 17.7 Å². The Labute approximate surface area is 155 Å². The number of carbonyl (C=O) groups excluding carboxylic acids is 1. The van der Waals surface area contributed by atoms with E-state index in [-0.39, 0.29) is 17.3 Å². The lowest BCUT2D eigenvalue weighted by molar-refractivity contribution is -0.119. The van der Waals surface area contributed by atoms with E-state index in [1.54, 1.807) is 18.2 Å². The predicted molar refractivity (Wildman–Crippen MR) is 104 cm³/mol. The molecule has 0 aromatic heterocycles. The highest BCUT2D eigenvalue weighted by atomic mass is 32.2. The second-order valence-electron chi connectivity index (χ2n) is 7.06. The lowest BCUT2D eigenvalue weighted by atomic mass is 10.0. The largest absolute Gasteiger partial charge is 0.355 e. The Balaban J connectivity index is 1.97. The first-order valence-electron chi connectivity index (χ1n) is 8.80. The van der Waals surface area contributed by atoms with E-state index >= 15 is 0 Å². The SMILES string of the molecule is Cc1ccc2c(c1)-c1ccccc1S(=O)(=O)N2CC(=O)NCCC(C)C. The van der Waals surface area contributed by atoms with Gasteiger partial charge in [-0.15, -0.1) is 0 Å². The smallest absolute Gasteiger partial charge is 0.265 e. The summed E-state index contributed by atoms with van der Waals surface area (Å²) in [6, 6.07) is 12.6. The minimum Gasteiger partial charge on any atom is -0.355 e. The fourth-order valence-electron chi connectivity index (χ4n) is 3.10. The van der Waals surface area contributed by atoms with Crippen molar-refractivity contribution in [2.45, 2.75) is 32.1 Å². The highest BCUT2D eigenvalue weighted by Crippen LogP contribution is 2.43. The van der Waals surface area contributed by atoms with E-state index < -0.39 is 10.0 Å². The monoisotopic (exact) mass is 372 g/mol. The fraction of sp³-hybridized carbons (Fsp3) is 0.350. The lowest BCUT2D eigenvalue weighted by Crippen LogP contribution is -2.42. The van der Waals surface area contributed by atoms with Gasteiger partial charge in [-0.2, -0.15) is 0 Å². The molecule has 0 bridgehead atoms. The summed E-state index contributed by atoms with van der Waals surface area (Å²) in [4.78, 5) is 12.6. The van der Waals surface area contributed by atoms with Gasteiger partial charge in [-0.1, -0.05) is 43.7 Å². The molecule has 6 heteroatoms. The number of hydrogen-bond acceptors (Lipinski definition) is 3. The third-order valence-corrected chi connectivity index (χ3v) is 6.31. The van der Waals surface area contributed by atoms with Gasteiger partial charge < -0.3 is 5.32 Å². The molecule has 3 rings (SSSR count). The molecule has 1 N–H and O–H groups in total. The van der Waals surface area contributed by atoms with Gasteiger partial charge in [0.1, 0.15) is 6.54 Å². The van der Waals surface area contributed by atoms with E-state index in [1.807, 2.05) is 31.2 Å². The van der Waals surface area contributed by atoms with Crippen LogP contribution >= 0.6 is 0 Å². The Morgan fingerprint density at radius 2 is 1.85 bits per heavy atom. The maximum atomic E-state index is 13.1. The number of nitrogens with zero attached hydrogens (tertiary/aromatic N) is 1. The van der Waals surface area contributed by atoms with Gasteiger partial charge in [0.25, 0.3) is 10.0 Å². The van der Waals surface area contributed by atoms with Crippen LogP contribution in [0.2, 0.25) is 0 Å². The van der Waals surface area contributed by atoms with Gasteiger partial charge in [-0.05, 0) is 37.5 Å². The number of carbonyl (C=O) groups is 1. The lowest BCUT2D eigenvalue weighted by Gasteiger charge is -2.31. The molecule has 2 aromatic carbocycles. The molecule has 0 saturated carbocycles. The number of sulfonamides is 1. The Morgan fingerprint density at radius 3 is 2.58 bits per heavy atom. The molecule has 0 fully saturated rings. The fourth-order valence-corrected chi connectivity index (χ4v) is 4.75. The summed E-state index contributed by atoms with van der Waals surface area (Å²) < 4.78 is 27.4. The van der Waals surface area contributed by atoms with Gasteiger partial charge in [0.2, 0.25) is 5.91 Å². The minimum atomic E-state index is -3.77. The summed E-state index contributed by atoms with van der Waals surface area (Å²) >= 11 is 0. The molecule has 5 nitrogen and oxygen atoms in total. The van der Waals surface area contributed by atoms with E-state index in [1.165, 1.54) is 4.31 Å². The van der Waals surface area contributed by atoms with Crippen molar-refractivity contribution in [3.8, 4) is 11.1 Å². The molecule has 1 aliphatic heterocycles. The van der Waals surface area contributed by atoms with Crippen LogP contribution in [0, 0.1) is 12.8 Å². The molecule has 0 unspecified atom stereocenters. The molecule has 0 radical (unpaired) electrons. The topological polar surface area (TPSA) is 66.5 Å². The molecule has 1 aliphatic rings. The molecule has 1 heterocycles. The summed E-state index contributed by atoms with van der Waals surface area (Å²) in [5, 5.41) is 2.82. The van der Waals surface area contributed by atoms with Crippen LogP contribution in [0.3, 0.4) is 0 Å². The molecule has 0 spiro atoms. The Kier molecular flexibility index (Phi) is 5.05. The highest BCUT2D eigenvalue weighted by molar-refractivity contribution is 7.93. The van der Waals surface area contributed by atoms with Crippen molar-refractivity contribution >= 4 is 21.6 Å². The first kappa shape index (κ1) is 18.5. The van der Waals surface area contributed by atoms with Gasteiger partial charge in [0.15, 0.2) is 0 Å². The van der Waals surface area contributed by atoms with Crippen molar-refractivity contribution in [2.24, 2.45) is 5.92 Å². The standard InChI is InChI=1S/C20H24N2O3S/c1-14(2)10-11-21-20(23)13-22-18-9-8-15(3)12-17(18)16-6-4-5-7-19(16)26(22,24)25/h4-9,12,14H,10-11,13H2,1-3H3,(H,21,23). The Bertz CT molecular complexity index is 936. The summed E-state index contributed by atoms with van der Waals surface area (Å²) in [6.45, 7) is 6.45. The average molecular weight is 372 g/mol. The van der Waals surface area contributed by atoms with Crippen molar-refractivity contribution in [2.75, 3.05) is 17.4 Å². The van der Waals surface area contributed by atoms with Gasteiger partial charge in [-0.3, -0.25) is 9.10 Å². The van der Waals surface area contributed by atoms with E-state index in [9.17, 15) is 13.2 Å². The molecular formula is C20H24N2O3S. The molecule has 0 saturated heterocycles. The van der Waals surface area contributed by atoms with Crippen LogP contribution in [0.5, 0.6) is 0 Å². The third-order valence-electron chi connectivity index (χ3n) is 4.50. The first-order valence-corrected chi connectivity index (χ1v) is 10.2. The molecule has 0 atom stereocenters. The van der Waals surface area contributed by atoms with Crippen molar-refractivity contribution in [1.29, 1.82) is 0 Å². The van der Waals surface area contributed by atoms with Crippen LogP contribution < -0.4 is 9.62 Å². The molecule has 26 heavy (non-hydrogen) atoms. The number of nitrogens with one attached hydrogen (secondary N) is 1. The van der Waals surface area contributed by atoms with Gasteiger partial charge in [0.05, 0.1) is 10.6 Å². The molecule has 138 valence electrons. The van der Waals surface area contributed by atoms with Crippen LogP contribution in [0.15, 0.2) is 47.4 Å². The zero-order valence-electron chi connectivity index (χ0n) is 15.3. The van der Waals surface area contributed by atoms with Crippen molar-refractivity contribution in [3.63, 3.8) is 0 Å². The summed E-state index contributed by atoms with van der Waals surface area (Å²) in [6.07, 6.45) is 0.858. The van der Waals surface area contributed by atoms with Gasteiger partial charge >= 0.3 is 0 Å². The van der Waals surface area contributed by atoms with Crippen LogP contribution in [-0.2, 0) is 14.8 Å². The normalized spacial score (nSPS) is 14.7. The quantitative estimate of drug-likeness (QED) is 0.875. The number of benzene rings is 2. The number of anilines is 1. The molecule has 0 aliphatic carbocycles. The van der Waals surface area contributed by atoms with Crippen molar-refractivity contribution in [3.05, 3.63) is 48.0 Å². The van der Waals surface area contributed by atoms with Crippen molar-refractivity contribution < 1.29 is 13.2 Å². The number of aryl methyl sites for hydroxylation is 1. The molecular weight excluding hydrogens is 348 g/mol. The van der Waals surface area contributed by atoms with E-state index in [0.29, 0.717) is 23.7 Å². The van der Waals surface area contributed by atoms with Crippen LogP contribution in [-0.4, -0.2) is 27.4 Å². The Morgan fingerprint density at radius 1 is 1.12 bits per heavy atom. The van der Waals surface area contributed by atoms with Crippen LogP contribution in [0.25, 0.3) is 11.1 Å². The average Bonchev–Trinajstić information content (AvgIpc) is 2.58. The zero-order valence-corrected chi connectivity index (χ0v) is 16.1. The molecule has 2 aromatic rings. The van der Waals surface area contributed by atoms with Gasteiger partial charge in [-0.25, -0.2) is 8.42 Å². The Hall–Kier alpha value is -2.34.